The third-order valence-corrected chi connectivity index (χ3v) is 5.02. The number of rotatable bonds is 2. The smallest absolute Gasteiger partial charge is 0.268 e. The summed E-state index contributed by atoms with van der Waals surface area (Å²) in [4.78, 5) is 5.42. The number of hydrogen-bond acceptors (Lipinski definition) is 6. The molecule has 2 aromatic rings. The van der Waals surface area contributed by atoms with Gasteiger partial charge in [-0.3, -0.25) is 0 Å². The highest BCUT2D eigenvalue weighted by molar-refractivity contribution is 7.99. The predicted molar refractivity (Wildman–Crippen MR) is 71.1 cm³/mol. The van der Waals surface area contributed by atoms with Gasteiger partial charge in [0.2, 0.25) is 0 Å². The maximum atomic E-state index is 5.69. The molecule has 1 fully saturated rings. The minimum atomic E-state index is 0.401. The van der Waals surface area contributed by atoms with E-state index in [9.17, 15) is 0 Å². The number of anilines is 1. The molecule has 6 heteroatoms. The molecule has 1 atom stereocenters. The highest BCUT2D eigenvalue weighted by Crippen LogP contribution is 2.38. The van der Waals surface area contributed by atoms with E-state index in [1.807, 2.05) is 23.9 Å². The molecule has 1 unspecified atom stereocenters. The molecule has 0 radical (unpaired) electrons. The van der Waals surface area contributed by atoms with E-state index in [-0.39, 0.29) is 0 Å². The molecule has 17 heavy (non-hydrogen) atoms. The van der Waals surface area contributed by atoms with Gasteiger partial charge in [0.05, 0.1) is 15.1 Å². The second-order valence-corrected chi connectivity index (χ2v) is 6.44. The molecule has 0 bridgehead atoms. The highest BCUT2D eigenvalue weighted by Gasteiger charge is 2.22. The van der Waals surface area contributed by atoms with Crippen molar-refractivity contribution in [1.82, 2.24) is 10.1 Å². The summed E-state index contributed by atoms with van der Waals surface area (Å²) in [5, 5.41) is 5.26. The van der Waals surface area contributed by atoms with Crippen molar-refractivity contribution in [2.75, 3.05) is 11.5 Å². The van der Waals surface area contributed by atoms with Crippen LogP contribution in [0.5, 0.6) is 0 Å². The van der Waals surface area contributed by atoms with Gasteiger partial charge in [0.1, 0.15) is 0 Å². The van der Waals surface area contributed by atoms with E-state index in [1.165, 1.54) is 29.9 Å². The summed E-state index contributed by atoms with van der Waals surface area (Å²) in [6, 6.07) is 3.78. The van der Waals surface area contributed by atoms with Crippen LogP contribution < -0.4 is 5.73 Å². The molecule has 3 rings (SSSR count). The van der Waals surface area contributed by atoms with Crippen LogP contribution in [0.4, 0.5) is 5.00 Å². The lowest BCUT2D eigenvalue weighted by molar-refractivity contribution is 0.421. The molecule has 0 amide bonds. The van der Waals surface area contributed by atoms with Crippen molar-refractivity contribution in [1.29, 1.82) is 0 Å². The summed E-state index contributed by atoms with van der Waals surface area (Å²) in [5.41, 5.74) is 5.69. The van der Waals surface area contributed by atoms with Gasteiger partial charge in [0, 0.05) is 0 Å². The van der Waals surface area contributed by atoms with Gasteiger partial charge < -0.3 is 10.3 Å². The maximum Gasteiger partial charge on any atom is 0.268 e. The van der Waals surface area contributed by atoms with Gasteiger partial charge in [-0.05, 0) is 30.7 Å². The van der Waals surface area contributed by atoms with Crippen LogP contribution >= 0.6 is 23.1 Å². The average Bonchev–Trinajstić information content (AvgIpc) is 2.98. The van der Waals surface area contributed by atoms with Crippen LogP contribution in [0.15, 0.2) is 16.7 Å². The van der Waals surface area contributed by atoms with E-state index in [0.717, 1.165) is 22.1 Å². The Balaban J connectivity index is 1.82. The Bertz CT molecular complexity index is 502. The molecule has 2 N–H and O–H groups in total. The van der Waals surface area contributed by atoms with Crippen LogP contribution in [-0.4, -0.2) is 15.9 Å². The normalized spacial score (nSPS) is 20.6. The largest absolute Gasteiger partial charge is 0.391 e. The van der Waals surface area contributed by atoms with Gasteiger partial charge >= 0.3 is 0 Å². The Morgan fingerprint density at radius 2 is 2.29 bits per heavy atom. The zero-order chi connectivity index (χ0) is 11.7. The molecule has 1 aliphatic heterocycles. The Morgan fingerprint density at radius 1 is 1.35 bits per heavy atom. The summed E-state index contributed by atoms with van der Waals surface area (Å²) in [7, 11) is 0. The summed E-state index contributed by atoms with van der Waals surface area (Å²) < 4.78 is 5.30. The fourth-order valence-electron chi connectivity index (χ4n) is 1.88. The molecule has 1 saturated heterocycles. The summed E-state index contributed by atoms with van der Waals surface area (Å²) >= 11 is 3.40. The van der Waals surface area contributed by atoms with Crippen molar-refractivity contribution >= 4 is 28.1 Å². The number of nitrogens with zero attached hydrogens (tertiary/aromatic N) is 2. The molecule has 3 heterocycles. The second kappa shape index (κ2) is 4.70. The van der Waals surface area contributed by atoms with E-state index in [1.54, 1.807) is 0 Å². The summed E-state index contributed by atoms with van der Waals surface area (Å²) in [6.45, 7) is 0. The SMILES string of the molecule is Nc1ccc(-c2nc(C3CCCCS3)no2)s1. The summed E-state index contributed by atoms with van der Waals surface area (Å²) in [6.07, 6.45) is 3.71. The fraction of sp³-hybridized carbons (Fsp3) is 0.455. The lowest BCUT2D eigenvalue weighted by Gasteiger charge is -2.17. The molecule has 90 valence electrons. The third kappa shape index (κ3) is 2.32. The zero-order valence-electron chi connectivity index (χ0n) is 9.26. The van der Waals surface area contributed by atoms with Crippen molar-refractivity contribution in [3.8, 4) is 10.8 Å². The number of aromatic nitrogens is 2. The van der Waals surface area contributed by atoms with Crippen molar-refractivity contribution in [3.63, 3.8) is 0 Å². The third-order valence-electron chi connectivity index (χ3n) is 2.75. The first kappa shape index (κ1) is 11.1. The lowest BCUT2D eigenvalue weighted by atomic mass is 10.2. The minimum Gasteiger partial charge on any atom is -0.391 e. The van der Waals surface area contributed by atoms with Gasteiger partial charge in [-0.1, -0.05) is 11.6 Å². The topological polar surface area (TPSA) is 64.9 Å². The van der Waals surface area contributed by atoms with Gasteiger partial charge in [0.25, 0.3) is 5.89 Å². The minimum absolute atomic E-state index is 0.401. The molecule has 0 saturated carbocycles. The Morgan fingerprint density at radius 3 is 3.00 bits per heavy atom. The molecule has 0 spiro atoms. The van der Waals surface area contributed by atoms with Gasteiger partial charge in [0.15, 0.2) is 5.82 Å². The predicted octanol–water partition coefficient (Wildman–Crippen LogP) is 3.34. The lowest BCUT2D eigenvalue weighted by Crippen LogP contribution is -2.03. The quantitative estimate of drug-likeness (QED) is 0.904. The van der Waals surface area contributed by atoms with E-state index in [0.29, 0.717) is 11.1 Å². The molecule has 2 aromatic heterocycles. The first-order chi connectivity index (χ1) is 8.33. The van der Waals surface area contributed by atoms with E-state index < -0.39 is 0 Å². The Kier molecular flexibility index (Phi) is 3.07. The number of nitrogens with two attached hydrogens (primary N) is 1. The highest BCUT2D eigenvalue weighted by atomic mass is 32.2. The van der Waals surface area contributed by atoms with Crippen molar-refractivity contribution in [3.05, 3.63) is 18.0 Å². The van der Waals surface area contributed by atoms with Crippen molar-refractivity contribution < 1.29 is 4.52 Å². The summed E-state index contributed by atoms with van der Waals surface area (Å²) in [5.74, 6) is 2.62. The van der Waals surface area contributed by atoms with E-state index in [2.05, 4.69) is 10.1 Å². The first-order valence-corrected chi connectivity index (χ1v) is 7.50. The monoisotopic (exact) mass is 267 g/mol. The Hall–Kier alpha value is -1.01. The fourth-order valence-corrected chi connectivity index (χ4v) is 3.81. The van der Waals surface area contributed by atoms with Crippen LogP contribution in [0.3, 0.4) is 0 Å². The number of thioether (sulfide) groups is 1. The maximum absolute atomic E-state index is 5.69. The number of hydrogen-bond donors (Lipinski definition) is 1. The van der Waals surface area contributed by atoms with Gasteiger partial charge in [-0.2, -0.15) is 16.7 Å². The molecule has 0 aliphatic carbocycles. The standard InChI is InChI=1S/C11H13N3OS2/c12-9-5-4-8(17-9)11-13-10(14-15-11)7-3-1-2-6-16-7/h4-5,7H,1-3,6,12H2. The second-order valence-electron chi connectivity index (χ2n) is 4.01. The van der Waals surface area contributed by atoms with Crippen LogP contribution in [0, 0.1) is 0 Å². The molecule has 4 nitrogen and oxygen atoms in total. The van der Waals surface area contributed by atoms with Gasteiger partial charge in [-0.25, -0.2) is 0 Å². The van der Waals surface area contributed by atoms with Crippen LogP contribution in [0.25, 0.3) is 10.8 Å². The molecular formula is C11H13N3OS2. The molecule has 1 aliphatic rings. The van der Waals surface area contributed by atoms with E-state index in [4.69, 9.17) is 10.3 Å². The van der Waals surface area contributed by atoms with Crippen LogP contribution in [-0.2, 0) is 0 Å². The van der Waals surface area contributed by atoms with Gasteiger partial charge in [-0.15, -0.1) is 11.3 Å². The molecular weight excluding hydrogens is 254 g/mol. The molecule has 0 aromatic carbocycles. The van der Waals surface area contributed by atoms with E-state index >= 15 is 0 Å². The van der Waals surface area contributed by atoms with Crippen LogP contribution in [0.2, 0.25) is 0 Å². The number of nitrogen functional groups attached to an aromatic ring is 1. The first-order valence-electron chi connectivity index (χ1n) is 5.64. The average molecular weight is 267 g/mol. The van der Waals surface area contributed by atoms with Crippen molar-refractivity contribution in [2.45, 2.75) is 24.5 Å². The van der Waals surface area contributed by atoms with Crippen molar-refractivity contribution in [2.24, 2.45) is 0 Å². The Labute approximate surface area is 108 Å². The zero-order valence-corrected chi connectivity index (χ0v) is 10.9. The van der Waals surface area contributed by atoms with Crippen LogP contribution in [0.1, 0.15) is 30.3 Å². The number of thiophene rings is 1.